The SMILES string of the molecule is CC(C)CCN(C)C(=O)N1CC(C(=O)O)c2ccccc21. The number of carbonyl (C=O) groups excluding carboxylic acids is 1. The minimum absolute atomic E-state index is 0.133. The lowest BCUT2D eigenvalue weighted by molar-refractivity contribution is -0.138. The number of carbonyl (C=O) groups is 2. The van der Waals surface area contributed by atoms with Crippen molar-refractivity contribution in [3.05, 3.63) is 29.8 Å². The van der Waals surface area contributed by atoms with Crippen molar-refractivity contribution >= 4 is 17.7 Å². The van der Waals surface area contributed by atoms with Crippen LogP contribution < -0.4 is 4.90 Å². The van der Waals surface area contributed by atoms with Crippen LogP contribution in [0.15, 0.2) is 24.3 Å². The standard InChI is InChI=1S/C16H22N2O3/c1-11(2)8-9-17(3)16(21)18-10-13(15(19)20)12-6-4-5-7-14(12)18/h4-7,11,13H,8-10H2,1-3H3,(H,19,20). The smallest absolute Gasteiger partial charge is 0.324 e. The van der Waals surface area contributed by atoms with Crippen molar-refractivity contribution < 1.29 is 14.7 Å². The number of carboxylic acid groups (broad SMARTS) is 1. The maximum atomic E-state index is 12.5. The van der Waals surface area contributed by atoms with Crippen molar-refractivity contribution in [1.82, 2.24) is 4.90 Å². The van der Waals surface area contributed by atoms with E-state index in [-0.39, 0.29) is 12.6 Å². The van der Waals surface area contributed by atoms with Crippen LogP contribution in [-0.4, -0.2) is 42.1 Å². The fourth-order valence-corrected chi connectivity index (χ4v) is 2.55. The fourth-order valence-electron chi connectivity index (χ4n) is 2.55. The maximum Gasteiger partial charge on any atom is 0.324 e. The molecule has 0 spiro atoms. The van der Waals surface area contributed by atoms with Crippen LogP contribution in [0.25, 0.3) is 0 Å². The number of hydrogen-bond donors (Lipinski definition) is 1. The number of fused-ring (bicyclic) bond motifs is 1. The Kier molecular flexibility index (Phi) is 4.50. The predicted molar refractivity (Wildman–Crippen MR) is 81.6 cm³/mol. The summed E-state index contributed by atoms with van der Waals surface area (Å²) in [7, 11) is 1.77. The first kappa shape index (κ1) is 15.4. The summed E-state index contributed by atoms with van der Waals surface area (Å²) in [5.74, 6) is -0.996. The van der Waals surface area contributed by atoms with Gasteiger partial charge in [0.15, 0.2) is 0 Å². The summed E-state index contributed by atoms with van der Waals surface area (Å²) < 4.78 is 0. The molecule has 21 heavy (non-hydrogen) atoms. The lowest BCUT2D eigenvalue weighted by Gasteiger charge is -2.25. The lowest BCUT2D eigenvalue weighted by atomic mass is 10.0. The third kappa shape index (κ3) is 3.17. The molecule has 5 nitrogen and oxygen atoms in total. The van der Waals surface area contributed by atoms with E-state index in [4.69, 9.17) is 0 Å². The summed E-state index contributed by atoms with van der Waals surface area (Å²) in [6.07, 6.45) is 0.931. The van der Waals surface area contributed by atoms with E-state index < -0.39 is 11.9 Å². The number of urea groups is 1. The van der Waals surface area contributed by atoms with E-state index in [1.165, 1.54) is 0 Å². The van der Waals surface area contributed by atoms with Crippen molar-refractivity contribution in [3.8, 4) is 0 Å². The molecule has 1 atom stereocenters. The van der Waals surface area contributed by atoms with Crippen molar-refractivity contribution in [2.24, 2.45) is 5.92 Å². The van der Waals surface area contributed by atoms with Gasteiger partial charge in [-0.2, -0.15) is 0 Å². The van der Waals surface area contributed by atoms with Gasteiger partial charge in [-0.1, -0.05) is 32.0 Å². The Morgan fingerprint density at radius 2 is 2.05 bits per heavy atom. The molecule has 2 amide bonds. The van der Waals surface area contributed by atoms with Crippen molar-refractivity contribution in [1.29, 1.82) is 0 Å². The van der Waals surface area contributed by atoms with Crippen molar-refractivity contribution in [2.45, 2.75) is 26.2 Å². The zero-order chi connectivity index (χ0) is 15.6. The normalized spacial score (nSPS) is 17.0. The highest BCUT2D eigenvalue weighted by molar-refractivity contribution is 5.97. The molecule has 2 rings (SSSR count). The Labute approximate surface area is 125 Å². The molecule has 1 aromatic rings. The molecule has 114 valence electrons. The molecule has 0 aromatic heterocycles. The number of carboxylic acids is 1. The first-order valence-electron chi connectivity index (χ1n) is 7.26. The van der Waals surface area contributed by atoms with Gasteiger partial charge < -0.3 is 10.0 Å². The molecular formula is C16H22N2O3. The van der Waals surface area contributed by atoms with E-state index in [1.54, 1.807) is 22.9 Å². The van der Waals surface area contributed by atoms with Gasteiger partial charge in [-0.05, 0) is 24.0 Å². The number of benzene rings is 1. The topological polar surface area (TPSA) is 60.9 Å². The largest absolute Gasteiger partial charge is 0.481 e. The zero-order valence-electron chi connectivity index (χ0n) is 12.7. The van der Waals surface area contributed by atoms with Crippen LogP contribution >= 0.6 is 0 Å². The molecule has 0 radical (unpaired) electrons. The van der Waals surface area contributed by atoms with Gasteiger partial charge in [0.1, 0.15) is 5.92 Å². The number of para-hydroxylation sites is 1. The second-order valence-corrected chi connectivity index (χ2v) is 5.95. The van der Waals surface area contributed by atoms with Crippen LogP contribution in [0, 0.1) is 5.92 Å². The monoisotopic (exact) mass is 290 g/mol. The number of aliphatic carboxylic acids is 1. The molecule has 0 saturated heterocycles. The minimum atomic E-state index is -0.886. The molecular weight excluding hydrogens is 268 g/mol. The molecule has 1 heterocycles. The Hall–Kier alpha value is -2.04. The lowest BCUT2D eigenvalue weighted by Crippen LogP contribution is -2.41. The van der Waals surface area contributed by atoms with Crippen molar-refractivity contribution in [2.75, 3.05) is 25.0 Å². The first-order valence-corrected chi connectivity index (χ1v) is 7.26. The minimum Gasteiger partial charge on any atom is -0.481 e. The van der Waals surface area contributed by atoms with Crippen LogP contribution in [0.5, 0.6) is 0 Å². The molecule has 0 fully saturated rings. The average Bonchev–Trinajstić information content (AvgIpc) is 2.83. The number of amides is 2. The Bertz CT molecular complexity index is 542. The summed E-state index contributed by atoms with van der Waals surface area (Å²) >= 11 is 0. The second kappa shape index (κ2) is 6.16. The zero-order valence-corrected chi connectivity index (χ0v) is 12.7. The summed E-state index contributed by atoms with van der Waals surface area (Å²) in [6.45, 7) is 5.11. The third-order valence-corrected chi connectivity index (χ3v) is 3.87. The Morgan fingerprint density at radius 1 is 1.38 bits per heavy atom. The van der Waals surface area contributed by atoms with Crippen LogP contribution in [-0.2, 0) is 4.79 Å². The summed E-state index contributed by atoms with van der Waals surface area (Å²) in [5, 5.41) is 9.32. The highest BCUT2D eigenvalue weighted by Crippen LogP contribution is 2.36. The molecule has 0 aliphatic carbocycles. The summed E-state index contributed by atoms with van der Waals surface area (Å²) in [6, 6.07) is 7.11. The van der Waals surface area contributed by atoms with Crippen LogP contribution in [0.1, 0.15) is 31.7 Å². The average molecular weight is 290 g/mol. The van der Waals surface area contributed by atoms with E-state index in [2.05, 4.69) is 13.8 Å². The van der Waals surface area contributed by atoms with Crippen LogP contribution in [0.3, 0.4) is 0 Å². The molecule has 1 N–H and O–H groups in total. The number of anilines is 1. The van der Waals surface area contributed by atoms with Gasteiger partial charge in [0.25, 0.3) is 0 Å². The van der Waals surface area contributed by atoms with Gasteiger partial charge in [-0.25, -0.2) is 4.79 Å². The first-order chi connectivity index (χ1) is 9.91. The molecule has 5 heteroatoms. The van der Waals surface area contributed by atoms with E-state index >= 15 is 0 Å². The number of nitrogens with zero attached hydrogens (tertiary/aromatic N) is 2. The summed E-state index contributed by atoms with van der Waals surface area (Å²) in [4.78, 5) is 27.2. The van der Waals surface area contributed by atoms with Gasteiger partial charge in [0.2, 0.25) is 0 Å². The van der Waals surface area contributed by atoms with Gasteiger partial charge in [-0.3, -0.25) is 9.69 Å². The van der Waals surface area contributed by atoms with Crippen LogP contribution in [0.2, 0.25) is 0 Å². The van der Waals surface area contributed by atoms with Crippen LogP contribution in [0.4, 0.5) is 10.5 Å². The number of hydrogen-bond acceptors (Lipinski definition) is 2. The van der Waals surface area contributed by atoms with E-state index in [0.29, 0.717) is 18.2 Å². The Morgan fingerprint density at radius 3 is 2.67 bits per heavy atom. The van der Waals surface area contributed by atoms with E-state index in [0.717, 1.165) is 12.0 Å². The summed E-state index contributed by atoms with van der Waals surface area (Å²) in [5.41, 5.74) is 1.43. The fraction of sp³-hybridized carbons (Fsp3) is 0.500. The van der Waals surface area contributed by atoms with E-state index in [9.17, 15) is 14.7 Å². The maximum absolute atomic E-state index is 12.5. The molecule has 1 aliphatic heterocycles. The van der Waals surface area contributed by atoms with Crippen molar-refractivity contribution in [3.63, 3.8) is 0 Å². The molecule has 0 saturated carbocycles. The predicted octanol–water partition coefficient (Wildman–Crippen LogP) is 2.77. The van der Waals surface area contributed by atoms with E-state index in [1.807, 2.05) is 18.2 Å². The highest BCUT2D eigenvalue weighted by atomic mass is 16.4. The molecule has 1 unspecified atom stereocenters. The molecule has 0 bridgehead atoms. The third-order valence-electron chi connectivity index (χ3n) is 3.87. The second-order valence-electron chi connectivity index (χ2n) is 5.95. The quantitative estimate of drug-likeness (QED) is 0.927. The van der Waals surface area contributed by atoms with Gasteiger partial charge in [0.05, 0.1) is 0 Å². The molecule has 1 aliphatic rings. The highest BCUT2D eigenvalue weighted by Gasteiger charge is 2.37. The van der Waals surface area contributed by atoms with Gasteiger partial charge in [0, 0.05) is 25.8 Å². The Balaban J connectivity index is 2.18. The van der Waals surface area contributed by atoms with Gasteiger partial charge in [-0.15, -0.1) is 0 Å². The number of rotatable bonds is 4. The van der Waals surface area contributed by atoms with Gasteiger partial charge >= 0.3 is 12.0 Å². The molecule has 1 aromatic carbocycles.